The van der Waals surface area contributed by atoms with E-state index in [9.17, 15) is 4.79 Å². The summed E-state index contributed by atoms with van der Waals surface area (Å²) in [6.45, 7) is 0.627. The van der Waals surface area contributed by atoms with Gasteiger partial charge in [0, 0.05) is 23.1 Å². The molecule has 1 fully saturated rings. The van der Waals surface area contributed by atoms with Gasteiger partial charge >= 0.3 is 0 Å². The van der Waals surface area contributed by atoms with Gasteiger partial charge in [-0.25, -0.2) is 0 Å². The maximum absolute atomic E-state index is 12.3. The molecule has 0 aromatic heterocycles. The zero-order valence-electron chi connectivity index (χ0n) is 10.5. The molecule has 1 atom stereocenters. The maximum atomic E-state index is 12.3. The van der Waals surface area contributed by atoms with Crippen molar-refractivity contribution in [3.63, 3.8) is 0 Å². The van der Waals surface area contributed by atoms with Crippen molar-refractivity contribution in [2.45, 2.75) is 6.10 Å². The molecule has 1 aliphatic rings. The molecule has 0 spiro atoms. The molecule has 98 valence electrons. The van der Waals surface area contributed by atoms with Crippen LogP contribution in [0.2, 0.25) is 0 Å². The Morgan fingerprint density at radius 1 is 1.28 bits per heavy atom. The third-order valence-corrected chi connectivity index (χ3v) is 3.74. The number of carbonyl (C=O) groups is 1. The minimum atomic E-state index is -0.361. The Balaban J connectivity index is 2.22. The number of methoxy groups -OCH3 is 2. The predicted molar refractivity (Wildman–Crippen MR) is 70.9 cm³/mol. The zero-order chi connectivity index (χ0) is 13.0. The molecule has 1 saturated heterocycles. The first kappa shape index (κ1) is 13.2. The van der Waals surface area contributed by atoms with Gasteiger partial charge in [-0.05, 0) is 12.1 Å². The largest absolute Gasteiger partial charge is 0.497 e. The summed E-state index contributed by atoms with van der Waals surface area (Å²) in [4.78, 5) is 12.3. The summed E-state index contributed by atoms with van der Waals surface area (Å²) in [6.07, 6.45) is -0.361. The fourth-order valence-corrected chi connectivity index (χ4v) is 2.62. The highest BCUT2D eigenvalue weighted by Gasteiger charge is 2.24. The summed E-state index contributed by atoms with van der Waals surface area (Å²) in [5.74, 6) is 2.87. The van der Waals surface area contributed by atoms with Crippen molar-refractivity contribution in [3.8, 4) is 11.5 Å². The molecule has 0 N–H and O–H groups in total. The first-order valence-corrected chi connectivity index (χ1v) is 6.86. The number of Topliss-reactive ketones (excluding diaryl/α,β-unsaturated/α-hetero) is 1. The van der Waals surface area contributed by atoms with Crippen LogP contribution < -0.4 is 9.47 Å². The molecule has 1 aromatic carbocycles. The van der Waals surface area contributed by atoms with E-state index in [2.05, 4.69) is 0 Å². The third-order valence-electron chi connectivity index (χ3n) is 2.74. The van der Waals surface area contributed by atoms with Crippen LogP contribution in [0.4, 0.5) is 0 Å². The van der Waals surface area contributed by atoms with Crippen LogP contribution in [0.3, 0.4) is 0 Å². The molecule has 18 heavy (non-hydrogen) atoms. The van der Waals surface area contributed by atoms with Gasteiger partial charge in [0.15, 0.2) is 5.78 Å². The fraction of sp³-hybridized carbons (Fsp3) is 0.462. The second-order valence-corrected chi connectivity index (χ2v) is 5.05. The monoisotopic (exact) mass is 268 g/mol. The van der Waals surface area contributed by atoms with E-state index in [1.807, 2.05) is 0 Å². The highest BCUT2D eigenvalue weighted by molar-refractivity contribution is 7.99. The molecule has 0 bridgehead atoms. The molecule has 5 heteroatoms. The maximum Gasteiger partial charge on any atom is 0.192 e. The van der Waals surface area contributed by atoms with Crippen molar-refractivity contribution < 1.29 is 19.0 Å². The summed E-state index contributed by atoms with van der Waals surface area (Å²) in [6, 6.07) is 5.17. The first-order chi connectivity index (χ1) is 8.74. The smallest absolute Gasteiger partial charge is 0.192 e. The van der Waals surface area contributed by atoms with E-state index >= 15 is 0 Å². The number of benzene rings is 1. The lowest BCUT2D eigenvalue weighted by molar-refractivity contribution is 0.0518. The highest BCUT2D eigenvalue weighted by Crippen LogP contribution is 2.25. The number of ether oxygens (including phenoxy) is 3. The van der Waals surface area contributed by atoms with Crippen LogP contribution in [0.25, 0.3) is 0 Å². The minimum absolute atomic E-state index is 0.0144. The lowest BCUT2D eigenvalue weighted by Gasteiger charge is -2.21. The molecular weight excluding hydrogens is 252 g/mol. The second kappa shape index (κ2) is 6.11. The number of hydrogen-bond acceptors (Lipinski definition) is 5. The molecule has 0 saturated carbocycles. The van der Waals surface area contributed by atoms with Gasteiger partial charge in [0.2, 0.25) is 0 Å². The van der Waals surface area contributed by atoms with E-state index in [4.69, 9.17) is 14.2 Å². The van der Waals surface area contributed by atoms with Crippen molar-refractivity contribution in [3.05, 3.63) is 23.8 Å². The Morgan fingerprint density at radius 2 is 1.94 bits per heavy atom. The lowest BCUT2D eigenvalue weighted by Crippen LogP contribution is -2.31. The normalized spacial score (nSPS) is 19.3. The van der Waals surface area contributed by atoms with Crippen LogP contribution in [0.5, 0.6) is 11.5 Å². The second-order valence-electron chi connectivity index (χ2n) is 3.90. The van der Waals surface area contributed by atoms with Gasteiger partial charge in [-0.3, -0.25) is 4.79 Å². The van der Waals surface area contributed by atoms with Crippen LogP contribution in [0.1, 0.15) is 10.4 Å². The van der Waals surface area contributed by atoms with Crippen molar-refractivity contribution in [1.29, 1.82) is 0 Å². The van der Waals surface area contributed by atoms with Crippen LogP contribution in [0.15, 0.2) is 18.2 Å². The average molecular weight is 268 g/mol. The fourth-order valence-electron chi connectivity index (χ4n) is 1.77. The standard InChI is InChI=1S/C13H16O4S/c1-15-10-5-9(6-11(7-10)16-2)13(14)12-8-18-4-3-17-12/h5-7,12H,3-4,8H2,1-2H3. The molecular formula is C13H16O4S. The molecule has 1 unspecified atom stereocenters. The number of thioether (sulfide) groups is 1. The zero-order valence-corrected chi connectivity index (χ0v) is 11.3. The molecule has 0 radical (unpaired) electrons. The van der Waals surface area contributed by atoms with Crippen molar-refractivity contribution in [2.75, 3.05) is 32.3 Å². The third kappa shape index (κ3) is 2.97. The van der Waals surface area contributed by atoms with Crippen molar-refractivity contribution >= 4 is 17.5 Å². The summed E-state index contributed by atoms with van der Waals surface area (Å²) in [5.41, 5.74) is 0.568. The van der Waals surface area contributed by atoms with Crippen molar-refractivity contribution in [1.82, 2.24) is 0 Å². The Bertz CT molecular complexity index is 405. The molecule has 1 aliphatic heterocycles. The molecule has 0 aliphatic carbocycles. The highest BCUT2D eigenvalue weighted by atomic mass is 32.2. The van der Waals surface area contributed by atoms with E-state index in [0.717, 1.165) is 5.75 Å². The summed E-state index contributed by atoms with van der Waals surface area (Å²) < 4.78 is 15.8. The number of carbonyl (C=O) groups excluding carboxylic acids is 1. The molecule has 1 heterocycles. The quantitative estimate of drug-likeness (QED) is 0.782. The number of rotatable bonds is 4. The van der Waals surface area contributed by atoms with Crippen molar-refractivity contribution in [2.24, 2.45) is 0 Å². The molecule has 4 nitrogen and oxygen atoms in total. The van der Waals surface area contributed by atoms with Gasteiger partial charge in [-0.15, -0.1) is 0 Å². The summed E-state index contributed by atoms with van der Waals surface area (Å²) in [7, 11) is 3.13. The summed E-state index contributed by atoms with van der Waals surface area (Å²) >= 11 is 1.74. The summed E-state index contributed by atoms with van der Waals surface area (Å²) in [5, 5.41) is 0. The Kier molecular flexibility index (Phi) is 4.49. The van der Waals surface area contributed by atoms with Crippen LogP contribution in [0, 0.1) is 0 Å². The van der Waals surface area contributed by atoms with E-state index in [0.29, 0.717) is 29.4 Å². The molecule has 1 aromatic rings. The topological polar surface area (TPSA) is 44.8 Å². The minimum Gasteiger partial charge on any atom is -0.497 e. The van der Waals surface area contributed by atoms with Gasteiger partial charge < -0.3 is 14.2 Å². The Labute approximate surface area is 111 Å². The van der Waals surface area contributed by atoms with E-state index in [1.54, 1.807) is 44.2 Å². The number of hydrogen-bond donors (Lipinski definition) is 0. The van der Waals surface area contributed by atoms with Crippen LogP contribution in [-0.4, -0.2) is 44.2 Å². The van der Waals surface area contributed by atoms with Gasteiger partial charge in [0.25, 0.3) is 0 Å². The Hall–Kier alpha value is -1.20. The van der Waals surface area contributed by atoms with Gasteiger partial charge in [0.05, 0.1) is 20.8 Å². The predicted octanol–water partition coefficient (Wildman–Crippen LogP) is 2.02. The van der Waals surface area contributed by atoms with Gasteiger partial charge in [-0.2, -0.15) is 11.8 Å². The van der Waals surface area contributed by atoms with E-state index < -0.39 is 0 Å². The van der Waals surface area contributed by atoms with E-state index in [1.165, 1.54) is 0 Å². The molecule has 0 amide bonds. The SMILES string of the molecule is COc1cc(OC)cc(C(=O)C2CSCCO2)c1. The average Bonchev–Trinajstić information content (AvgIpc) is 2.46. The van der Waals surface area contributed by atoms with Crippen LogP contribution >= 0.6 is 11.8 Å². The number of ketones is 1. The lowest BCUT2D eigenvalue weighted by atomic mass is 10.1. The van der Waals surface area contributed by atoms with Gasteiger partial charge in [-0.1, -0.05) is 0 Å². The first-order valence-electron chi connectivity index (χ1n) is 5.71. The van der Waals surface area contributed by atoms with E-state index in [-0.39, 0.29) is 11.9 Å². The Morgan fingerprint density at radius 3 is 2.44 bits per heavy atom. The molecule has 2 rings (SSSR count). The van der Waals surface area contributed by atoms with Gasteiger partial charge in [0.1, 0.15) is 17.6 Å². The van der Waals surface area contributed by atoms with Crippen LogP contribution in [-0.2, 0) is 4.74 Å².